The van der Waals surface area contributed by atoms with Crippen molar-refractivity contribution in [1.29, 1.82) is 0 Å². The monoisotopic (exact) mass is 285 g/mol. The molecule has 1 aliphatic carbocycles. The normalized spacial score (nSPS) is 21.4. The number of nitrogens with zero attached hydrogens (tertiary/aromatic N) is 2. The van der Waals surface area contributed by atoms with Crippen LogP contribution in [0.4, 0.5) is 11.4 Å². The van der Waals surface area contributed by atoms with Crippen LogP contribution >= 0.6 is 0 Å². The molecule has 0 aliphatic heterocycles. The van der Waals surface area contributed by atoms with Crippen LogP contribution in [0.3, 0.4) is 0 Å². The first-order valence-electron chi connectivity index (χ1n) is 7.25. The number of benzene rings is 1. The van der Waals surface area contributed by atoms with E-state index in [0.29, 0.717) is 0 Å². The van der Waals surface area contributed by atoms with Crippen LogP contribution in [0.15, 0.2) is 58.4 Å². The predicted octanol–water partition coefficient (Wildman–Crippen LogP) is 3.18. The Hall–Kier alpha value is -2.14. The van der Waals surface area contributed by atoms with Gasteiger partial charge in [-0.3, -0.25) is 5.32 Å². The van der Waals surface area contributed by atoms with Crippen LogP contribution in [0.5, 0.6) is 0 Å². The van der Waals surface area contributed by atoms with Gasteiger partial charge >= 0.3 is 0 Å². The highest BCUT2D eigenvalue weighted by Crippen LogP contribution is 2.28. The summed E-state index contributed by atoms with van der Waals surface area (Å²) < 4.78 is 0. The fourth-order valence-corrected chi connectivity index (χ4v) is 2.17. The van der Waals surface area contributed by atoms with Crippen LogP contribution in [0.1, 0.15) is 13.3 Å². The number of rotatable bonds is 6. The van der Waals surface area contributed by atoms with Gasteiger partial charge in [-0.25, -0.2) is 0 Å². The molecule has 1 atom stereocenters. The van der Waals surface area contributed by atoms with Crippen LogP contribution in [-0.2, 0) is 0 Å². The summed E-state index contributed by atoms with van der Waals surface area (Å²) in [5, 5.41) is 18.6. The van der Waals surface area contributed by atoms with Gasteiger partial charge in [-0.1, -0.05) is 18.2 Å². The molecular weight excluding hydrogens is 262 g/mol. The minimum atomic E-state index is -0.473. The molecule has 0 saturated carbocycles. The molecule has 1 unspecified atom stereocenters. The third kappa shape index (κ3) is 3.70. The molecule has 0 aromatic heterocycles. The number of azo groups is 1. The molecule has 0 heterocycles. The highest BCUT2D eigenvalue weighted by atomic mass is 15.3. The van der Waals surface area contributed by atoms with Crippen LogP contribution < -0.4 is 16.0 Å². The molecule has 0 radical (unpaired) electrons. The molecular formula is C16H23N5. The SMILES string of the molecule is CCNc1ccccc1N=NC1(NC)C=CC(NC)=CC1. The van der Waals surface area contributed by atoms with E-state index in [9.17, 15) is 0 Å². The molecule has 2 rings (SSSR count). The molecule has 3 N–H and O–H groups in total. The van der Waals surface area contributed by atoms with Crippen molar-refractivity contribution in [1.82, 2.24) is 10.6 Å². The van der Waals surface area contributed by atoms with Crippen LogP contribution in [0.2, 0.25) is 0 Å². The molecule has 5 heteroatoms. The van der Waals surface area contributed by atoms with Crippen molar-refractivity contribution in [2.45, 2.75) is 19.0 Å². The summed E-state index contributed by atoms with van der Waals surface area (Å²) in [6.45, 7) is 2.93. The molecule has 112 valence electrons. The van der Waals surface area contributed by atoms with E-state index in [-0.39, 0.29) is 0 Å². The van der Waals surface area contributed by atoms with Gasteiger partial charge in [0.1, 0.15) is 5.69 Å². The Bertz CT molecular complexity index is 562. The number of anilines is 1. The number of hydrogen-bond acceptors (Lipinski definition) is 5. The number of nitrogens with one attached hydrogen (secondary N) is 3. The molecule has 5 nitrogen and oxygen atoms in total. The summed E-state index contributed by atoms with van der Waals surface area (Å²) in [5.74, 6) is 0. The maximum Gasteiger partial charge on any atom is 0.154 e. The highest BCUT2D eigenvalue weighted by molar-refractivity contribution is 5.64. The molecule has 1 aromatic rings. The maximum absolute atomic E-state index is 4.53. The lowest BCUT2D eigenvalue weighted by molar-refractivity contribution is 0.436. The third-order valence-corrected chi connectivity index (χ3v) is 3.50. The maximum atomic E-state index is 4.53. The van der Waals surface area contributed by atoms with Gasteiger partial charge in [-0.15, -0.1) is 0 Å². The van der Waals surface area contributed by atoms with E-state index in [0.717, 1.165) is 30.0 Å². The largest absolute Gasteiger partial charge is 0.388 e. The first kappa shape index (κ1) is 15.3. The standard InChI is InChI=1S/C16H23N5/c1-4-19-14-7-5-6-8-15(14)20-21-16(18-3)11-9-13(17-2)10-12-16/h5-11,17-19H,4,12H2,1-3H3. The predicted molar refractivity (Wildman–Crippen MR) is 87.8 cm³/mol. The van der Waals surface area contributed by atoms with Crippen molar-refractivity contribution in [3.63, 3.8) is 0 Å². The number of likely N-dealkylation sites (N-methyl/N-ethyl adjacent to an activating group) is 2. The first-order valence-corrected chi connectivity index (χ1v) is 7.25. The first-order chi connectivity index (χ1) is 10.2. The third-order valence-electron chi connectivity index (χ3n) is 3.50. The van der Waals surface area contributed by atoms with Crippen LogP contribution in [0.25, 0.3) is 0 Å². The molecule has 0 bridgehead atoms. The van der Waals surface area contributed by atoms with Crippen molar-refractivity contribution in [2.24, 2.45) is 10.2 Å². The van der Waals surface area contributed by atoms with Gasteiger partial charge in [0.2, 0.25) is 0 Å². The van der Waals surface area contributed by atoms with Gasteiger partial charge in [0, 0.05) is 25.7 Å². The molecule has 0 fully saturated rings. The van der Waals surface area contributed by atoms with Gasteiger partial charge in [0.15, 0.2) is 5.66 Å². The molecule has 0 spiro atoms. The van der Waals surface area contributed by atoms with Gasteiger partial charge < -0.3 is 10.6 Å². The lowest BCUT2D eigenvalue weighted by atomic mass is 10.0. The van der Waals surface area contributed by atoms with Crippen LogP contribution in [-0.4, -0.2) is 26.3 Å². The van der Waals surface area contributed by atoms with E-state index in [1.807, 2.05) is 50.5 Å². The Morgan fingerprint density at radius 1 is 1.24 bits per heavy atom. The van der Waals surface area contributed by atoms with Crippen LogP contribution in [0, 0.1) is 0 Å². The van der Waals surface area contributed by atoms with E-state index in [1.165, 1.54) is 0 Å². The second kappa shape index (κ2) is 7.04. The summed E-state index contributed by atoms with van der Waals surface area (Å²) in [5.41, 5.74) is 2.48. The zero-order valence-corrected chi connectivity index (χ0v) is 12.9. The minimum absolute atomic E-state index is 0.473. The van der Waals surface area contributed by atoms with Crippen molar-refractivity contribution >= 4 is 11.4 Å². The number of hydrogen-bond donors (Lipinski definition) is 3. The summed E-state index contributed by atoms with van der Waals surface area (Å²) in [4.78, 5) is 0. The lowest BCUT2D eigenvalue weighted by Gasteiger charge is -2.26. The van der Waals surface area contributed by atoms with Crippen molar-refractivity contribution in [3.8, 4) is 0 Å². The zero-order chi connectivity index (χ0) is 15.1. The van der Waals surface area contributed by atoms with E-state index in [1.54, 1.807) is 0 Å². The average molecular weight is 285 g/mol. The van der Waals surface area contributed by atoms with E-state index in [2.05, 4.69) is 39.2 Å². The van der Waals surface area contributed by atoms with Gasteiger partial charge in [0.25, 0.3) is 0 Å². The fraction of sp³-hybridized carbons (Fsp3) is 0.375. The zero-order valence-electron chi connectivity index (χ0n) is 12.9. The Balaban J connectivity index is 2.20. The molecule has 1 aromatic carbocycles. The number of para-hydroxylation sites is 1. The Morgan fingerprint density at radius 3 is 2.67 bits per heavy atom. The highest BCUT2D eigenvalue weighted by Gasteiger charge is 2.25. The summed E-state index contributed by atoms with van der Waals surface area (Å²) in [7, 11) is 3.81. The lowest BCUT2D eigenvalue weighted by Crippen LogP contribution is -2.39. The number of allylic oxidation sites excluding steroid dienone is 1. The smallest absolute Gasteiger partial charge is 0.154 e. The van der Waals surface area contributed by atoms with Gasteiger partial charge in [-0.05, 0) is 38.3 Å². The van der Waals surface area contributed by atoms with Crippen molar-refractivity contribution in [3.05, 3.63) is 48.2 Å². The quantitative estimate of drug-likeness (QED) is 0.703. The summed E-state index contributed by atoms with van der Waals surface area (Å²) >= 11 is 0. The summed E-state index contributed by atoms with van der Waals surface area (Å²) in [6.07, 6.45) is 6.95. The average Bonchev–Trinajstić information content (AvgIpc) is 2.55. The Morgan fingerprint density at radius 2 is 2.05 bits per heavy atom. The van der Waals surface area contributed by atoms with Gasteiger partial charge in [-0.2, -0.15) is 10.2 Å². The molecule has 1 aliphatic rings. The molecule has 21 heavy (non-hydrogen) atoms. The van der Waals surface area contributed by atoms with E-state index in [4.69, 9.17) is 0 Å². The minimum Gasteiger partial charge on any atom is -0.388 e. The second-order valence-electron chi connectivity index (χ2n) is 4.87. The fourth-order valence-electron chi connectivity index (χ4n) is 2.17. The molecule has 0 saturated heterocycles. The van der Waals surface area contributed by atoms with Crippen molar-refractivity contribution < 1.29 is 0 Å². The van der Waals surface area contributed by atoms with Gasteiger partial charge in [0.05, 0.1) is 5.69 Å². The Kier molecular flexibility index (Phi) is 5.11. The summed E-state index contributed by atoms with van der Waals surface area (Å²) in [6, 6.07) is 7.94. The molecule has 0 amide bonds. The topological polar surface area (TPSA) is 60.8 Å². The Labute approximate surface area is 126 Å². The van der Waals surface area contributed by atoms with E-state index >= 15 is 0 Å². The van der Waals surface area contributed by atoms with Crippen molar-refractivity contribution in [2.75, 3.05) is 26.0 Å². The second-order valence-corrected chi connectivity index (χ2v) is 4.87. The van der Waals surface area contributed by atoms with E-state index < -0.39 is 5.66 Å².